The molecule has 7 nitrogen and oxygen atoms in total. The largest absolute Gasteiger partial charge is 0.274 e. The molecule has 0 saturated carbocycles. The summed E-state index contributed by atoms with van der Waals surface area (Å²) in [6.45, 7) is 1.63. The summed E-state index contributed by atoms with van der Waals surface area (Å²) < 4.78 is 14.2. The van der Waals surface area contributed by atoms with Gasteiger partial charge in [0.25, 0.3) is 0 Å². The van der Waals surface area contributed by atoms with Crippen molar-refractivity contribution >= 4 is 39.7 Å². The Morgan fingerprint density at radius 2 is 1.97 bits per heavy atom. The number of rotatable bonds is 5. The maximum absolute atomic E-state index is 14.2. The topological polar surface area (TPSA) is 76.8 Å². The second-order valence-corrected chi connectivity index (χ2v) is 7.35. The molecule has 0 fully saturated rings. The first-order chi connectivity index (χ1) is 14.0. The van der Waals surface area contributed by atoms with Crippen LogP contribution in [0.4, 0.5) is 15.2 Å². The minimum absolute atomic E-state index is 0.157. The van der Waals surface area contributed by atoms with Crippen LogP contribution in [0.5, 0.6) is 0 Å². The number of para-hydroxylation sites is 1. The number of halogens is 2. The van der Waals surface area contributed by atoms with Gasteiger partial charge < -0.3 is 0 Å². The highest BCUT2D eigenvalue weighted by Gasteiger charge is 2.21. The Kier molecular flexibility index (Phi) is 5.32. The van der Waals surface area contributed by atoms with E-state index in [0.29, 0.717) is 21.7 Å². The molecule has 146 valence electrons. The number of nitrogens with zero attached hydrogens (tertiary/aromatic N) is 6. The van der Waals surface area contributed by atoms with E-state index in [-0.39, 0.29) is 18.1 Å². The molecule has 0 saturated heterocycles. The van der Waals surface area contributed by atoms with Crippen LogP contribution < -0.4 is 4.90 Å². The van der Waals surface area contributed by atoms with E-state index >= 15 is 0 Å². The van der Waals surface area contributed by atoms with Gasteiger partial charge in [0.1, 0.15) is 12.4 Å². The van der Waals surface area contributed by atoms with E-state index in [4.69, 9.17) is 11.6 Å². The number of carbonyl (C=O) groups is 1. The van der Waals surface area contributed by atoms with Crippen molar-refractivity contribution in [2.75, 3.05) is 4.90 Å². The van der Waals surface area contributed by atoms with Gasteiger partial charge in [-0.05, 0) is 41.6 Å². The highest BCUT2D eigenvalue weighted by atomic mass is 35.5. The minimum Gasteiger partial charge on any atom is -0.274 e. The van der Waals surface area contributed by atoms with Crippen LogP contribution in [0.15, 0.2) is 53.9 Å². The van der Waals surface area contributed by atoms with Crippen LogP contribution in [0, 0.1) is 5.82 Å². The predicted molar refractivity (Wildman–Crippen MR) is 109 cm³/mol. The Balaban J connectivity index is 1.56. The Hall–Kier alpha value is -3.17. The molecule has 0 N–H and O–H groups in total. The molecule has 4 rings (SSSR count). The van der Waals surface area contributed by atoms with Crippen LogP contribution in [0.3, 0.4) is 0 Å². The van der Waals surface area contributed by atoms with Crippen LogP contribution in [0.2, 0.25) is 5.02 Å². The number of benzene rings is 2. The van der Waals surface area contributed by atoms with Crippen molar-refractivity contribution in [1.82, 2.24) is 25.2 Å². The van der Waals surface area contributed by atoms with Gasteiger partial charge in [0.05, 0.1) is 11.4 Å². The third-order valence-electron chi connectivity index (χ3n) is 4.00. The number of hydrogen-bond donors (Lipinski definition) is 0. The Bertz CT molecular complexity index is 1160. The van der Waals surface area contributed by atoms with E-state index in [2.05, 4.69) is 20.4 Å². The second-order valence-electron chi connectivity index (χ2n) is 6.08. The van der Waals surface area contributed by atoms with Crippen molar-refractivity contribution in [2.24, 2.45) is 0 Å². The maximum Gasteiger partial charge on any atom is 0.230 e. The van der Waals surface area contributed by atoms with E-state index in [0.717, 1.165) is 5.56 Å². The number of carbonyl (C=O) groups excluding carboxylic acids is 1. The van der Waals surface area contributed by atoms with Gasteiger partial charge in [-0.3, -0.25) is 9.69 Å². The van der Waals surface area contributed by atoms with Crippen LogP contribution >= 0.6 is 22.9 Å². The summed E-state index contributed by atoms with van der Waals surface area (Å²) >= 11 is 7.13. The third kappa shape index (κ3) is 4.15. The quantitative estimate of drug-likeness (QED) is 0.473. The molecular weight excluding hydrogens is 415 g/mol. The zero-order valence-electron chi connectivity index (χ0n) is 15.2. The van der Waals surface area contributed by atoms with Gasteiger partial charge in [-0.2, -0.15) is 4.80 Å². The molecule has 0 aliphatic heterocycles. The fourth-order valence-electron chi connectivity index (χ4n) is 2.68. The second kappa shape index (κ2) is 8.06. The zero-order valence-corrected chi connectivity index (χ0v) is 16.7. The van der Waals surface area contributed by atoms with Gasteiger partial charge in [0.15, 0.2) is 5.13 Å². The number of thiazole rings is 1. The number of amides is 1. The lowest BCUT2D eigenvalue weighted by atomic mass is 10.2. The van der Waals surface area contributed by atoms with Crippen molar-refractivity contribution in [3.63, 3.8) is 0 Å². The van der Waals surface area contributed by atoms with Gasteiger partial charge >= 0.3 is 0 Å². The van der Waals surface area contributed by atoms with Crippen LogP contribution in [-0.4, -0.2) is 31.1 Å². The lowest BCUT2D eigenvalue weighted by Crippen LogP contribution is -2.23. The fraction of sp³-hybridized carbons (Fsp3) is 0.105. The molecule has 0 bridgehead atoms. The van der Waals surface area contributed by atoms with E-state index in [1.165, 1.54) is 40.1 Å². The van der Waals surface area contributed by atoms with Gasteiger partial charge in [0.2, 0.25) is 11.7 Å². The molecule has 0 atom stereocenters. The molecular formula is C19H14ClFN6OS. The molecule has 0 unspecified atom stereocenters. The molecule has 1 amide bonds. The van der Waals surface area contributed by atoms with Crippen molar-refractivity contribution in [3.8, 4) is 11.4 Å². The summed E-state index contributed by atoms with van der Waals surface area (Å²) in [7, 11) is 0. The smallest absolute Gasteiger partial charge is 0.230 e. The van der Waals surface area contributed by atoms with Crippen molar-refractivity contribution in [1.29, 1.82) is 0 Å². The van der Waals surface area contributed by atoms with E-state index in [9.17, 15) is 9.18 Å². The molecule has 4 aromatic rings. The lowest BCUT2D eigenvalue weighted by molar-refractivity contribution is -0.115. The Morgan fingerprint density at radius 3 is 2.69 bits per heavy atom. The number of aromatic nitrogens is 5. The summed E-state index contributed by atoms with van der Waals surface area (Å²) in [4.78, 5) is 19.2. The average Bonchev–Trinajstić information content (AvgIpc) is 3.34. The predicted octanol–water partition coefficient (Wildman–Crippen LogP) is 4.32. The Morgan fingerprint density at radius 1 is 1.21 bits per heavy atom. The summed E-state index contributed by atoms with van der Waals surface area (Å²) in [6.07, 6.45) is 0. The molecule has 0 aliphatic carbocycles. The van der Waals surface area contributed by atoms with E-state index < -0.39 is 5.82 Å². The first kappa shape index (κ1) is 19.2. The van der Waals surface area contributed by atoms with Gasteiger partial charge in [0, 0.05) is 22.9 Å². The molecule has 0 radical (unpaired) electrons. The van der Waals surface area contributed by atoms with Gasteiger partial charge in [-0.25, -0.2) is 9.37 Å². The average molecular weight is 429 g/mol. The molecule has 0 spiro atoms. The zero-order chi connectivity index (χ0) is 20.4. The van der Waals surface area contributed by atoms with E-state index in [1.54, 1.807) is 29.6 Å². The highest BCUT2D eigenvalue weighted by molar-refractivity contribution is 7.14. The van der Waals surface area contributed by atoms with Crippen molar-refractivity contribution in [2.45, 2.75) is 13.5 Å². The normalized spacial score (nSPS) is 10.9. The van der Waals surface area contributed by atoms with Crippen LogP contribution in [0.1, 0.15) is 12.6 Å². The third-order valence-corrected chi connectivity index (χ3v) is 5.12. The Labute approximate surface area is 174 Å². The van der Waals surface area contributed by atoms with Crippen molar-refractivity contribution in [3.05, 3.63) is 70.4 Å². The minimum atomic E-state index is -0.495. The number of hydrogen-bond acceptors (Lipinski definition) is 6. The first-order valence-corrected chi connectivity index (χ1v) is 9.80. The molecule has 0 aliphatic rings. The molecule has 2 aromatic heterocycles. The van der Waals surface area contributed by atoms with Crippen molar-refractivity contribution < 1.29 is 9.18 Å². The molecule has 10 heteroatoms. The summed E-state index contributed by atoms with van der Waals surface area (Å²) in [6, 6.07) is 13.2. The first-order valence-electron chi connectivity index (χ1n) is 8.54. The standard InChI is InChI=1S/C19H14ClFN6OS/c1-12(28)27(17-5-3-2-4-16(17)21)19-22-15(11-29-19)10-26-24-18(23-25-26)13-6-8-14(20)9-7-13/h2-9,11H,10H2,1H3. The molecule has 2 heterocycles. The summed E-state index contributed by atoms with van der Waals surface area (Å²) in [5.41, 5.74) is 1.58. The van der Waals surface area contributed by atoms with Gasteiger partial charge in [-0.15, -0.1) is 21.5 Å². The monoisotopic (exact) mass is 428 g/mol. The maximum atomic E-state index is 14.2. The SMILES string of the molecule is CC(=O)N(c1nc(Cn2nnc(-c3ccc(Cl)cc3)n2)cs1)c1ccccc1F. The number of anilines is 2. The van der Waals surface area contributed by atoms with E-state index in [1.807, 2.05) is 12.1 Å². The highest BCUT2D eigenvalue weighted by Crippen LogP contribution is 2.30. The van der Waals surface area contributed by atoms with Crippen LogP contribution in [-0.2, 0) is 11.3 Å². The number of tetrazole rings is 1. The fourth-order valence-corrected chi connectivity index (χ4v) is 3.68. The molecule has 29 heavy (non-hydrogen) atoms. The summed E-state index contributed by atoms with van der Waals surface area (Å²) in [5.74, 6) is -0.362. The summed E-state index contributed by atoms with van der Waals surface area (Å²) in [5, 5.41) is 15.2. The van der Waals surface area contributed by atoms with Crippen LogP contribution in [0.25, 0.3) is 11.4 Å². The van der Waals surface area contributed by atoms with Gasteiger partial charge in [-0.1, -0.05) is 23.7 Å². The lowest BCUT2D eigenvalue weighted by Gasteiger charge is -2.18. The molecule has 2 aromatic carbocycles.